The number of nitrogens with zero attached hydrogens (tertiary/aromatic N) is 5. The van der Waals surface area contributed by atoms with Crippen molar-refractivity contribution < 1.29 is 4.39 Å². The summed E-state index contributed by atoms with van der Waals surface area (Å²) in [7, 11) is 0. The fourth-order valence-corrected chi connectivity index (χ4v) is 3.76. The van der Waals surface area contributed by atoms with Crippen molar-refractivity contribution in [2.45, 2.75) is 46.2 Å². The largest absolute Gasteiger partial charge is 0.338 e. The van der Waals surface area contributed by atoms with Crippen LogP contribution in [0.25, 0.3) is 11.0 Å². The van der Waals surface area contributed by atoms with Crippen molar-refractivity contribution >= 4 is 28.5 Å². The molecule has 1 saturated heterocycles. The van der Waals surface area contributed by atoms with Gasteiger partial charge in [0.25, 0.3) is 0 Å². The van der Waals surface area contributed by atoms with E-state index in [0.717, 1.165) is 61.4 Å². The first-order valence-corrected chi connectivity index (χ1v) is 10.4. The summed E-state index contributed by atoms with van der Waals surface area (Å²) < 4.78 is 15.3. The van der Waals surface area contributed by atoms with Crippen LogP contribution in [0.15, 0.2) is 24.3 Å². The number of hydrogen-bond acceptors (Lipinski definition) is 6. The summed E-state index contributed by atoms with van der Waals surface area (Å²) in [6.07, 6.45) is 1.77. The number of halogens is 1. The van der Waals surface area contributed by atoms with Crippen molar-refractivity contribution in [2.24, 2.45) is 0 Å². The van der Waals surface area contributed by atoms with E-state index in [1.807, 2.05) is 4.68 Å². The molecule has 4 rings (SSSR count). The smallest absolute Gasteiger partial charge is 0.228 e. The molecule has 0 bridgehead atoms. The van der Waals surface area contributed by atoms with Crippen LogP contribution >= 0.6 is 0 Å². The zero-order valence-electron chi connectivity index (χ0n) is 17.2. The Hall–Kier alpha value is -2.74. The fourth-order valence-electron chi connectivity index (χ4n) is 3.76. The molecule has 3 heterocycles. The van der Waals surface area contributed by atoms with E-state index in [9.17, 15) is 4.39 Å². The monoisotopic (exact) mass is 397 g/mol. The number of aryl methyl sites for hydroxylation is 2. The molecule has 1 fully saturated rings. The molecule has 8 heteroatoms. The van der Waals surface area contributed by atoms with Gasteiger partial charge in [-0.05, 0) is 44.0 Å². The molecule has 0 amide bonds. The quantitative estimate of drug-likeness (QED) is 0.664. The van der Waals surface area contributed by atoms with Crippen molar-refractivity contribution in [2.75, 3.05) is 29.9 Å². The van der Waals surface area contributed by atoms with E-state index in [4.69, 9.17) is 15.1 Å². The highest BCUT2D eigenvalue weighted by Crippen LogP contribution is 2.29. The summed E-state index contributed by atoms with van der Waals surface area (Å²) >= 11 is 0. The van der Waals surface area contributed by atoms with E-state index in [-0.39, 0.29) is 5.82 Å². The Labute approximate surface area is 170 Å². The number of rotatable bonds is 6. The number of anilines is 3. The molecule has 1 unspecified atom stereocenters. The lowest BCUT2D eigenvalue weighted by atomic mass is 10.2. The van der Waals surface area contributed by atoms with E-state index in [0.29, 0.717) is 17.8 Å². The molecule has 2 N–H and O–H groups in total. The molecule has 0 radical (unpaired) electrons. The van der Waals surface area contributed by atoms with Gasteiger partial charge in [0.2, 0.25) is 5.95 Å². The van der Waals surface area contributed by atoms with Gasteiger partial charge in [0.1, 0.15) is 16.9 Å². The van der Waals surface area contributed by atoms with Gasteiger partial charge in [-0.3, -0.25) is 4.68 Å². The molecule has 1 aromatic carbocycles. The third kappa shape index (κ3) is 4.03. The molecule has 3 aromatic rings. The van der Waals surface area contributed by atoms with Crippen molar-refractivity contribution in [3.05, 3.63) is 35.8 Å². The molecule has 1 aliphatic heterocycles. The Morgan fingerprint density at radius 2 is 2.00 bits per heavy atom. The molecule has 7 nitrogen and oxygen atoms in total. The Morgan fingerprint density at radius 1 is 1.21 bits per heavy atom. The van der Waals surface area contributed by atoms with E-state index < -0.39 is 0 Å². The summed E-state index contributed by atoms with van der Waals surface area (Å²) in [6, 6.07) is 6.71. The zero-order chi connectivity index (χ0) is 20.4. The highest BCUT2D eigenvalue weighted by Gasteiger charge is 2.23. The van der Waals surface area contributed by atoms with Crippen LogP contribution < -0.4 is 15.5 Å². The maximum absolute atomic E-state index is 13.4. The average molecular weight is 398 g/mol. The van der Waals surface area contributed by atoms with Crippen LogP contribution in [0.4, 0.5) is 21.8 Å². The Balaban J connectivity index is 1.84. The fraction of sp³-hybridized carbons (Fsp3) is 0.476. The minimum Gasteiger partial charge on any atom is -0.338 e. The summed E-state index contributed by atoms with van der Waals surface area (Å²) in [4.78, 5) is 12.0. The van der Waals surface area contributed by atoms with Gasteiger partial charge in [-0.25, -0.2) is 9.37 Å². The van der Waals surface area contributed by atoms with Gasteiger partial charge >= 0.3 is 0 Å². The van der Waals surface area contributed by atoms with E-state index in [2.05, 4.69) is 36.3 Å². The van der Waals surface area contributed by atoms with Crippen LogP contribution in [0.5, 0.6) is 0 Å². The van der Waals surface area contributed by atoms with E-state index in [1.165, 1.54) is 12.1 Å². The van der Waals surface area contributed by atoms with Crippen molar-refractivity contribution in [3.8, 4) is 0 Å². The predicted molar refractivity (Wildman–Crippen MR) is 114 cm³/mol. The van der Waals surface area contributed by atoms with Gasteiger partial charge in [0, 0.05) is 37.9 Å². The summed E-state index contributed by atoms with van der Waals surface area (Å²) in [5, 5.41) is 11.6. The molecule has 0 aliphatic carbocycles. The van der Waals surface area contributed by atoms with Crippen molar-refractivity contribution in [3.63, 3.8) is 0 Å². The van der Waals surface area contributed by atoms with Crippen LogP contribution in [0.3, 0.4) is 0 Å². The second-order valence-corrected chi connectivity index (χ2v) is 7.53. The zero-order valence-corrected chi connectivity index (χ0v) is 17.2. The summed E-state index contributed by atoms with van der Waals surface area (Å²) in [5.74, 6) is 1.16. The first-order chi connectivity index (χ1) is 14.1. The molecule has 29 heavy (non-hydrogen) atoms. The van der Waals surface area contributed by atoms with Gasteiger partial charge in [0.05, 0.1) is 5.69 Å². The molecule has 2 aromatic heterocycles. The Kier molecular flexibility index (Phi) is 5.62. The number of fused-ring (bicyclic) bond motifs is 1. The molecule has 0 spiro atoms. The standard InChI is InChI=1S/C21H28FN7/c1-4-11-29-19-18(17(5-2)27-29)25-21(28-12-10-23-14(3)13-28)26-20(19)24-16-8-6-15(22)7-9-16/h6-9,14,23H,4-5,10-13H2,1-3H3,(H,24,25,26). The molecule has 1 atom stereocenters. The Morgan fingerprint density at radius 3 is 2.69 bits per heavy atom. The van der Waals surface area contributed by atoms with Crippen LogP contribution in [0.2, 0.25) is 0 Å². The third-order valence-electron chi connectivity index (χ3n) is 5.17. The van der Waals surface area contributed by atoms with Crippen LogP contribution in [0, 0.1) is 5.82 Å². The average Bonchev–Trinajstić information content (AvgIpc) is 3.08. The normalized spacial score (nSPS) is 17.1. The van der Waals surface area contributed by atoms with E-state index in [1.54, 1.807) is 12.1 Å². The first kappa shape index (κ1) is 19.6. The number of benzene rings is 1. The summed E-state index contributed by atoms with van der Waals surface area (Å²) in [5.41, 5.74) is 3.55. The minimum atomic E-state index is -0.261. The SMILES string of the molecule is CCCn1nc(CC)c2nc(N3CCNC(C)C3)nc(Nc3ccc(F)cc3)c21. The van der Waals surface area contributed by atoms with Crippen LogP contribution in [0.1, 0.15) is 32.9 Å². The van der Waals surface area contributed by atoms with Crippen molar-refractivity contribution in [1.29, 1.82) is 0 Å². The molecular weight excluding hydrogens is 369 g/mol. The van der Waals surface area contributed by atoms with Gasteiger partial charge in [0.15, 0.2) is 5.82 Å². The van der Waals surface area contributed by atoms with Gasteiger partial charge in [-0.1, -0.05) is 13.8 Å². The van der Waals surface area contributed by atoms with Gasteiger partial charge in [-0.15, -0.1) is 0 Å². The predicted octanol–water partition coefficient (Wildman–Crippen LogP) is 3.48. The van der Waals surface area contributed by atoms with Crippen LogP contribution in [-0.4, -0.2) is 45.4 Å². The van der Waals surface area contributed by atoms with Gasteiger partial charge < -0.3 is 15.5 Å². The van der Waals surface area contributed by atoms with Crippen molar-refractivity contribution in [1.82, 2.24) is 25.1 Å². The lowest BCUT2D eigenvalue weighted by Crippen LogP contribution is -2.49. The maximum Gasteiger partial charge on any atom is 0.228 e. The highest BCUT2D eigenvalue weighted by atomic mass is 19.1. The highest BCUT2D eigenvalue weighted by molar-refractivity contribution is 5.90. The molecule has 1 aliphatic rings. The maximum atomic E-state index is 13.4. The second-order valence-electron chi connectivity index (χ2n) is 7.53. The molecular formula is C21H28FN7. The van der Waals surface area contributed by atoms with Gasteiger partial charge in [-0.2, -0.15) is 10.1 Å². The number of aromatic nitrogens is 4. The lowest BCUT2D eigenvalue weighted by molar-refractivity contribution is 0.480. The first-order valence-electron chi connectivity index (χ1n) is 10.4. The topological polar surface area (TPSA) is 70.9 Å². The third-order valence-corrected chi connectivity index (χ3v) is 5.17. The summed E-state index contributed by atoms with van der Waals surface area (Å²) in [6.45, 7) is 9.80. The van der Waals surface area contributed by atoms with Crippen LogP contribution in [-0.2, 0) is 13.0 Å². The molecule has 0 saturated carbocycles. The Bertz CT molecular complexity index is 983. The lowest BCUT2D eigenvalue weighted by Gasteiger charge is -2.32. The minimum absolute atomic E-state index is 0.261. The number of hydrogen-bond donors (Lipinski definition) is 2. The number of piperazine rings is 1. The second kappa shape index (κ2) is 8.32. The molecule has 154 valence electrons. The van der Waals surface area contributed by atoms with E-state index >= 15 is 0 Å². The number of nitrogens with one attached hydrogen (secondary N) is 2.